The summed E-state index contributed by atoms with van der Waals surface area (Å²) >= 11 is 5.80. The van der Waals surface area contributed by atoms with Crippen LogP contribution in [0.3, 0.4) is 0 Å². The first-order valence-electron chi connectivity index (χ1n) is 5.82. The van der Waals surface area contributed by atoms with E-state index in [-0.39, 0.29) is 16.9 Å². The minimum absolute atomic E-state index is 0.238. The second-order valence-corrected chi connectivity index (χ2v) is 6.92. The molecule has 6 heteroatoms. The second-order valence-electron chi connectivity index (χ2n) is 4.75. The summed E-state index contributed by atoms with van der Waals surface area (Å²) < 4.78 is 26.7. The van der Waals surface area contributed by atoms with Gasteiger partial charge in [0.2, 0.25) is 10.0 Å². The van der Waals surface area contributed by atoms with Crippen LogP contribution in [0, 0.1) is 12.8 Å². The van der Waals surface area contributed by atoms with E-state index in [4.69, 9.17) is 16.7 Å². The zero-order chi connectivity index (χ0) is 13.3. The van der Waals surface area contributed by atoms with Crippen LogP contribution in [0.4, 0.5) is 0 Å². The third kappa shape index (κ3) is 3.03. The predicted octanol–water partition coefficient (Wildman–Crippen LogP) is 1.70. The Morgan fingerprint density at radius 2 is 2.11 bits per heavy atom. The van der Waals surface area contributed by atoms with Gasteiger partial charge in [-0.25, -0.2) is 13.1 Å². The Labute approximate surface area is 112 Å². The molecule has 100 valence electrons. The average Bonchev–Trinajstić information content (AvgIpc) is 2.22. The molecule has 0 aliphatic heterocycles. The van der Waals surface area contributed by atoms with E-state index in [2.05, 4.69) is 4.72 Å². The molecule has 0 saturated heterocycles. The lowest BCUT2D eigenvalue weighted by Crippen LogP contribution is -2.38. The average molecular weight is 290 g/mol. The minimum Gasteiger partial charge on any atom is -0.393 e. The molecule has 1 aliphatic carbocycles. The second kappa shape index (κ2) is 5.17. The summed E-state index contributed by atoms with van der Waals surface area (Å²) in [6.45, 7) is 2.09. The molecule has 1 aromatic carbocycles. The molecule has 0 unspecified atom stereocenters. The summed E-state index contributed by atoms with van der Waals surface area (Å²) in [6.07, 6.45) is 1.07. The maximum absolute atomic E-state index is 12.1. The van der Waals surface area contributed by atoms with Crippen molar-refractivity contribution in [3.05, 3.63) is 28.8 Å². The molecule has 2 N–H and O–H groups in total. The van der Waals surface area contributed by atoms with Gasteiger partial charge in [-0.1, -0.05) is 11.6 Å². The first-order chi connectivity index (χ1) is 8.38. The lowest BCUT2D eigenvalue weighted by molar-refractivity contribution is 0.0453. The molecule has 4 nitrogen and oxygen atoms in total. The summed E-state index contributed by atoms with van der Waals surface area (Å²) in [6, 6.07) is 4.70. The van der Waals surface area contributed by atoms with E-state index in [9.17, 15) is 8.42 Å². The molecule has 0 aromatic heterocycles. The highest BCUT2D eigenvalue weighted by molar-refractivity contribution is 7.89. The number of sulfonamides is 1. The minimum atomic E-state index is -3.49. The van der Waals surface area contributed by atoms with E-state index < -0.39 is 10.0 Å². The maximum Gasteiger partial charge on any atom is 0.240 e. The van der Waals surface area contributed by atoms with Gasteiger partial charge in [-0.15, -0.1) is 0 Å². The molecule has 0 heterocycles. The standard InChI is InChI=1S/C12H16ClNO3S/c1-8-4-10(13)2-3-12(8)18(16,17)14-7-9-5-11(15)6-9/h2-4,9,11,14-15H,5-7H2,1H3. The van der Waals surface area contributed by atoms with Crippen molar-refractivity contribution in [1.29, 1.82) is 0 Å². The van der Waals surface area contributed by atoms with Crippen LogP contribution in [0.5, 0.6) is 0 Å². The number of nitrogens with one attached hydrogen (secondary N) is 1. The fourth-order valence-corrected chi connectivity index (χ4v) is 3.65. The van der Waals surface area contributed by atoms with Gasteiger partial charge in [0, 0.05) is 11.6 Å². The van der Waals surface area contributed by atoms with Crippen molar-refractivity contribution in [2.45, 2.75) is 30.8 Å². The summed E-state index contributed by atoms with van der Waals surface area (Å²) in [5, 5.41) is 9.67. The zero-order valence-corrected chi connectivity index (χ0v) is 11.6. The van der Waals surface area contributed by atoms with Crippen molar-refractivity contribution in [1.82, 2.24) is 4.72 Å². The van der Waals surface area contributed by atoms with Gasteiger partial charge in [-0.3, -0.25) is 0 Å². The highest BCUT2D eigenvalue weighted by atomic mass is 35.5. The van der Waals surface area contributed by atoms with Gasteiger partial charge in [-0.2, -0.15) is 0 Å². The van der Waals surface area contributed by atoms with Crippen molar-refractivity contribution in [2.24, 2.45) is 5.92 Å². The van der Waals surface area contributed by atoms with E-state index >= 15 is 0 Å². The van der Waals surface area contributed by atoms with Crippen LogP contribution < -0.4 is 4.72 Å². The van der Waals surface area contributed by atoms with Gasteiger partial charge in [0.05, 0.1) is 11.0 Å². The summed E-state index contributed by atoms with van der Waals surface area (Å²) in [5.41, 5.74) is 0.628. The predicted molar refractivity (Wildman–Crippen MR) is 70.1 cm³/mol. The lowest BCUT2D eigenvalue weighted by Gasteiger charge is -2.31. The Hall–Kier alpha value is -0.620. The van der Waals surface area contributed by atoms with E-state index in [1.165, 1.54) is 6.07 Å². The molecule has 0 bridgehead atoms. The lowest BCUT2D eigenvalue weighted by atomic mass is 9.83. The fourth-order valence-electron chi connectivity index (χ4n) is 2.09. The van der Waals surface area contributed by atoms with Crippen LogP contribution in [-0.4, -0.2) is 26.2 Å². The van der Waals surface area contributed by atoms with Crippen molar-refractivity contribution in [2.75, 3.05) is 6.54 Å². The van der Waals surface area contributed by atoms with E-state index in [1.54, 1.807) is 19.1 Å². The van der Waals surface area contributed by atoms with Gasteiger partial charge in [0.1, 0.15) is 0 Å². The highest BCUT2D eigenvalue weighted by Gasteiger charge is 2.28. The molecule has 0 amide bonds. The Morgan fingerprint density at radius 3 is 2.67 bits per heavy atom. The normalized spacial score (nSPS) is 23.7. The Kier molecular flexibility index (Phi) is 3.96. The van der Waals surface area contributed by atoms with Gasteiger partial charge < -0.3 is 5.11 Å². The van der Waals surface area contributed by atoms with Crippen molar-refractivity contribution < 1.29 is 13.5 Å². The molecular formula is C12H16ClNO3S. The number of hydrogen-bond acceptors (Lipinski definition) is 3. The molecule has 1 fully saturated rings. The molecule has 1 aromatic rings. The van der Waals surface area contributed by atoms with E-state index in [0.717, 1.165) is 0 Å². The number of rotatable bonds is 4. The number of aliphatic hydroxyl groups excluding tert-OH is 1. The molecule has 2 rings (SSSR count). The van der Waals surface area contributed by atoms with Crippen LogP contribution in [0.15, 0.2) is 23.1 Å². The maximum atomic E-state index is 12.1. The van der Waals surface area contributed by atoms with Crippen LogP contribution in [0.2, 0.25) is 5.02 Å². The van der Waals surface area contributed by atoms with Crippen molar-refractivity contribution >= 4 is 21.6 Å². The number of aliphatic hydroxyl groups is 1. The van der Waals surface area contributed by atoms with Gasteiger partial charge in [0.15, 0.2) is 0 Å². The quantitative estimate of drug-likeness (QED) is 0.886. The number of benzene rings is 1. The molecule has 0 radical (unpaired) electrons. The summed E-state index contributed by atoms with van der Waals surface area (Å²) in [5.74, 6) is 0.238. The SMILES string of the molecule is Cc1cc(Cl)ccc1S(=O)(=O)NCC1CC(O)C1. The zero-order valence-electron chi connectivity index (χ0n) is 10.1. The highest BCUT2D eigenvalue weighted by Crippen LogP contribution is 2.27. The Balaban J connectivity index is 2.06. The Morgan fingerprint density at radius 1 is 1.44 bits per heavy atom. The monoisotopic (exact) mass is 289 g/mol. The van der Waals surface area contributed by atoms with Crippen LogP contribution >= 0.6 is 11.6 Å². The molecular weight excluding hydrogens is 274 g/mol. The third-order valence-corrected chi connectivity index (χ3v) is 5.02. The summed E-state index contributed by atoms with van der Waals surface area (Å²) in [4.78, 5) is 0.256. The van der Waals surface area contributed by atoms with E-state index in [0.29, 0.717) is 30.0 Å². The number of hydrogen-bond donors (Lipinski definition) is 2. The van der Waals surface area contributed by atoms with Crippen molar-refractivity contribution in [3.63, 3.8) is 0 Å². The number of aryl methyl sites for hydroxylation is 1. The molecule has 1 saturated carbocycles. The smallest absolute Gasteiger partial charge is 0.240 e. The molecule has 0 spiro atoms. The first-order valence-corrected chi connectivity index (χ1v) is 7.68. The largest absolute Gasteiger partial charge is 0.393 e. The summed E-state index contributed by atoms with van der Waals surface area (Å²) in [7, 11) is -3.49. The van der Waals surface area contributed by atoms with E-state index in [1.807, 2.05) is 0 Å². The molecule has 0 atom stereocenters. The van der Waals surface area contributed by atoms with Crippen molar-refractivity contribution in [3.8, 4) is 0 Å². The molecule has 1 aliphatic rings. The Bertz CT molecular complexity index is 538. The number of halogens is 1. The van der Waals surface area contributed by atoms with Gasteiger partial charge in [0.25, 0.3) is 0 Å². The van der Waals surface area contributed by atoms with Crippen LogP contribution in [-0.2, 0) is 10.0 Å². The molecule has 18 heavy (non-hydrogen) atoms. The van der Waals surface area contributed by atoms with Crippen LogP contribution in [0.25, 0.3) is 0 Å². The third-order valence-electron chi connectivity index (χ3n) is 3.20. The van der Waals surface area contributed by atoms with Crippen LogP contribution in [0.1, 0.15) is 18.4 Å². The topological polar surface area (TPSA) is 66.4 Å². The fraction of sp³-hybridized carbons (Fsp3) is 0.500. The first kappa shape index (κ1) is 13.8. The van der Waals surface area contributed by atoms with Gasteiger partial charge in [-0.05, 0) is 49.4 Å². The van der Waals surface area contributed by atoms with Gasteiger partial charge >= 0.3 is 0 Å².